The predicted octanol–water partition coefficient (Wildman–Crippen LogP) is 3.56. The molecule has 2 aromatic carbocycles. The van der Waals surface area contributed by atoms with Crippen molar-refractivity contribution in [1.29, 1.82) is 0 Å². The zero-order valence-electron chi connectivity index (χ0n) is 18.6. The van der Waals surface area contributed by atoms with Crippen molar-refractivity contribution in [2.75, 3.05) is 57.4 Å². The number of hydrogen-bond acceptors (Lipinski definition) is 5. The number of aliphatic hydroxyl groups excluding tert-OH is 1. The molecule has 0 saturated carbocycles. The minimum absolute atomic E-state index is 0.145. The van der Waals surface area contributed by atoms with Crippen LogP contribution in [0.15, 0.2) is 54.6 Å². The summed E-state index contributed by atoms with van der Waals surface area (Å²) >= 11 is 0. The molecule has 2 aromatic rings. The van der Waals surface area contributed by atoms with Gasteiger partial charge in [0, 0.05) is 38.4 Å². The van der Waals surface area contributed by atoms with Gasteiger partial charge in [-0.25, -0.2) is 0 Å². The van der Waals surface area contributed by atoms with Crippen LogP contribution in [0.2, 0.25) is 0 Å². The standard InChI is InChI=1S/C25H36N2O3/c1-25(2,3)21-9-11-24(12-10-21)30-18-17-29-20-23(28)19-26-13-15-27(16-14-26)22-7-5-4-6-8-22/h4-12,23,28H,13-20H2,1-3H3/t23-/m0/s1. The highest BCUT2D eigenvalue weighted by molar-refractivity contribution is 5.46. The van der Waals surface area contributed by atoms with E-state index in [2.05, 4.69) is 67.0 Å². The van der Waals surface area contributed by atoms with Crippen molar-refractivity contribution >= 4 is 5.69 Å². The Morgan fingerprint density at radius 2 is 1.57 bits per heavy atom. The van der Waals surface area contributed by atoms with Crippen LogP contribution in [0.1, 0.15) is 26.3 Å². The van der Waals surface area contributed by atoms with Crippen molar-refractivity contribution in [1.82, 2.24) is 4.90 Å². The van der Waals surface area contributed by atoms with Crippen LogP contribution >= 0.6 is 0 Å². The smallest absolute Gasteiger partial charge is 0.119 e. The molecule has 3 rings (SSSR count). The van der Waals surface area contributed by atoms with Crippen molar-refractivity contribution in [2.24, 2.45) is 0 Å². The molecule has 1 aliphatic heterocycles. The van der Waals surface area contributed by atoms with Crippen LogP contribution in [-0.4, -0.2) is 68.7 Å². The zero-order chi connectivity index (χ0) is 21.4. The molecule has 5 heteroatoms. The summed E-state index contributed by atoms with van der Waals surface area (Å²) in [6.07, 6.45) is -0.473. The summed E-state index contributed by atoms with van der Waals surface area (Å²) in [5, 5.41) is 10.3. The number of β-amino-alcohol motifs (C(OH)–C–C–N with tert-alkyl or cyclic N) is 1. The second kappa shape index (κ2) is 10.8. The second-order valence-electron chi connectivity index (χ2n) is 8.97. The van der Waals surface area contributed by atoms with E-state index in [1.807, 2.05) is 18.2 Å². The van der Waals surface area contributed by atoms with Gasteiger partial charge in [0.1, 0.15) is 12.4 Å². The van der Waals surface area contributed by atoms with E-state index in [1.54, 1.807) is 0 Å². The van der Waals surface area contributed by atoms with Crippen LogP contribution < -0.4 is 9.64 Å². The van der Waals surface area contributed by atoms with Gasteiger partial charge in [0.2, 0.25) is 0 Å². The average molecular weight is 413 g/mol. The average Bonchev–Trinajstić information content (AvgIpc) is 2.74. The maximum absolute atomic E-state index is 10.3. The van der Waals surface area contributed by atoms with E-state index in [-0.39, 0.29) is 5.41 Å². The number of ether oxygens (including phenoxy) is 2. The Balaban J connectivity index is 1.27. The van der Waals surface area contributed by atoms with Gasteiger partial charge in [-0.2, -0.15) is 0 Å². The van der Waals surface area contributed by atoms with Crippen molar-refractivity contribution in [2.45, 2.75) is 32.3 Å². The minimum Gasteiger partial charge on any atom is -0.491 e. The fourth-order valence-electron chi connectivity index (χ4n) is 3.67. The highest BCUT2D eigenvalue weighted by Crippen LogP contribution is 2.24. The van der Waals surface area contributed by atoms with E-state index in [1.165, 1.54) is 11.3 Å². The maximum atomic E-state index is 10.3. The van der Waals surface area contributed by atoms with Gasteiger partial charge in [-0.3, -0.25) is 4.90 Å². The van der Waals surface area contributed by atoms with Gasteiger partial charge in [0.25, 0.3) is 0 Å². The lowest BCUT2D eigenvalue weighted by Gasteiger charge is -2.36. The Bertz CT molecular complexity index is 735. The maximum Gasteiger partial charge on any atom is 0.119 e. The topological polar surface area (TPSA) is 45.2 Å². The Kier molecular flexibility index (Phi) is 8.14. The van der Waals surface area contributed by atoms with Crippen molar-refractivity contribution in [3.63, 3.8) is 0 Å². The lowest BCUT2D eigenvalue weighted by molar-refractivity contribution is 0.00718. The van der Waals surface area contributed by atoms with E-state index in [0.717, 1.165) is 31.9 Å². The third kappa shape index (κ3) is 7.01. The predicted molar refractivity (Wildman–Crippen MR) is 123 cm³/mol. The minimum atomic E-state index is -0.473. The fraction of sp³-hybridized carbons (Fsp3) is 0.520. The molecule has 0 spiro atoms. The number of benzene rings is 2. The van der Waals surface area contributed by atoms with Crippen LogP contribution in [0.4, 0.5) is 5.69 Å². The van der Waals surface area contributed by atoms with E-state index in [0.29, 0.717) is 26.4 Å². The lowest BCUT2D eigenvalue weighted by Crippen LogP contribution is -2.49. The van der Waals surface area contributed by atoms with Crippen LogP contribution in [0.5, 0.6) is 5.75 Å². The van der Waals surface area contributed by atoms with E-state index in [4.69, 9.17) is 9.47 Å². The molecule has 1 N–H and O–H groups in total. The highest BCUT2D eigenvalue weighted by Gasteiger charge is 2.19. The fourth-order valence-corrected chi connectivity index (χ4v) is 3.67. The van der Waals surface area contributed by atoms with Gasteiger partial charge in [-0.05, 0) is 35.2 Å². The zero-order valence-corrected chi connectivity index (χ0v) is 18.6. The first kappa shape index (κ1) is 22.6. The van der Waals surface area contributed by atoms with E-state index >= 15 is 0 Å². The van der Waals surface area contributed by atoms with Crippen LogP contribution in [0, 0.1) is 0 Å². The van der Waals surface area contributed by atoms with Crippen LogP contribution in [-0.2, 0) is 10.2 Å². The van der Waals surface area contributed by atoms with Gasteiger partial charge < -0.3 is 19.5 Å². The van der Waals surface area contributed by atoms with E-state index in [9.17, 15) is 5.11 Å². The lowest BCUT2D eigenvalue weighted by atomic mass is 9.87. The first-order chi connectivity index (χ1) is 14.4. The molecule has 1 aliphatic rings. The molecule has 0 aliphatic carbocycles. The van der Waals surface area contributed by atoms with Gasteiger partial charge in [-0.15, -0.1) is 0 Å². The largest absolute Gasteiger partial charge is 0.491 e. The number of hydrogen-bond donors (Lipinski definition) is 1. The monoisotopic (exact) mass is 412 g/mol. The number of nitrogens with zero attached hydrogens (tertiary/aromatic N) is 2. The number of rotatable bonds is 9. The molecule has 164 valence electrons. The molecule has 0 radical (unpaired) electrons. The summed E-state index contributed by atoms with van der Waals surface area (Å²) in [7, 11) is 0. The van der Waals surface area contributed by atoms with Gasteiger partial charge >= 0.3 is 0 Å². The Labute approximate surface area is 181 Å². The summed E-state index contributed by atoms with van der Waals surface area (Å²) in [5.74, 6) is 0.850. The van der Waals surface area contributed by atoms with Crippen molar-refractivity contribution in [3.8, 4) is 5.75 Å². The van der Waals surface area contributed by atoms with Gasteiger partial charge in [-0.1, -0.05) is 51.1 Å². The second-order valence-corrected chi connectivity index (χ2v) is 8.97. The molecular weight excluding hydrogens is 376 g/mol. The van der Waals surface area contributed by atoms with Gasteiger partial charge in [0.15, 0.2) is 0 Å². The summed E-state index contributed by atoms with van der Waals surface area (Å²) < 4.78 is 11.4. The Morgan fingerprint density at radius 3 is 2.20 bits per heavy atom. The van der Waals surface area contributed by atoms with Crippen molar-refractivity contribution < 1.29 is 14.6 Å². The number of anilines is 1. The molecule has 1 atom stereocenters. The molecule has 0 aromatic heterocycles. The summed E-state index contributed by atoms with van der Waals surface area (Å²) in [5.41, 5.74) is 2.71. The molecule has 30 heavy (non-hydrogen) atoms. The first-order valence-corrected chi connectivity index (χ1v) is 10.9. The molecule has 0 bridgehead atoms. The summed E-state index contributed by atoms with van der Waals surface area (Å²) in [6, 6.07) is 18.7. The third-order valence-corrected chi connectivity index (χ3v) is 5.49. The SMILES string of the molecule is CC(C)(C)c1ccc(OCCOC[C@@H](O)CN2CCN(c3ccccc3)CC2)cc1. The summed E-state index contributed by atoms with van der Waals surface area (Å²) in [4.78, 5) is 4.70. The Hall–Kier alpha value is -2.08. The molecule has 1 heterocycles. The normalized spacial score (nSPS) is 16.5. The molecule has 5 nitrogen and oxygen atoms in total. The van der Waals surface area contributed by atoms with Gasteiger partial charge in [0.05, 0.1) is 19.3 Å². The van der Waals surface area contributed by atoms with E-state index < -0.39 is 6.10 Å². The van der Waals surface area contributed by atoms with Crippen LogP contribution in [0.3, 0.4) is 0 Å². The number of piperazine rings is 1. The molecular formula is C25H36N2O3. The third-order valence-electron chi connectivity index (χ3n) is 5.49. The molecule has 1 fully saturated rings. The number of aliphatic hydroxyl groups is 1. The first-order valence-electron chi connectivity index (χ1n) is 10.9. The highest BCUT2D eigenvalue weighted by atomic mass is 16.5. The Morgan fingerprint density at radius 1 is 0.900 bits per heavy atom. The molecule has 0 amide bonds. The van der Waals surface area contributed by atoms with Crippen LogP contribution in [0.25, 0.3) is 0 Å². The molecule has 0 unspecified atom stereocenters. The molecule has 1 saturated heterocycles. The number of para-hydroxylation sites is 1. The van der Waals surface area contributed by atoms with Crippen molar-refractivity contribution in [3.05, 3.63) is 60.2 Å². The quantitative estimate of drug-likeness (QED) is 0.638. The summed E-state index contributed by atoms with van der Waals surface area (Å²) in [6.45, 7) is 12.4.